The van der Waals surface area contributed by atoms with Gasteiger partial charge in [0.15, 0.2) is 18.2 Å². The fourth-order valence-electron chi connectivity index (χ4n) is 2.03. The minimum Gasteiger partial charge on any atom is -0.494 e. The number of benzene rings is 2. The van der Waals surface area contributed by atoms with E-state index in [1.807, 2.05) is 32.0 Å². The van der Waals surface area contributed by atoms with Crippen molar-refractivity contribution < 1.29 is 18.7 Å². The third-order valence-corrected chi connectivity index (χ3v) is 3.15. The van der Waals surface area contributed by atoms with E-state index in [0.29, 0.717) is 0 Å². The average Bonchev–Trinajstić information content (AvgIpc) is 2.48. The van der Waals surface area contributed by atoms with Crippen LogP contribution in [0, 0.1) is 19.7 Å². The minimum atomic E-state index is -0.533. The molecule has 0 radical (unpaired) electrons. The van der Waals surface area contributed by atoms with Gasteiger partial charge in [0, 0.05) is 11.8 Å². The number of ether oxygens (including phenoxy) is 2. The molecule has 0 aliphatic carbocycles. The molecule has 0 aliphatic heterocycles. The summed E-state index contributed by atoms with van der Waals surface area (Å²) in [6.45, 7) is 3.71. The third-order valence-electron chi connectivity index (χ3n) is 3.15. The van der Waals surface area contributed by atoms with E-state index in [1.165, 1.54) is 19.2 Å². The maximum Gasteiger partial charge on any atom is 0.262 e. The number of nitrogens with one attached hydrogen (secondary N) is 1. The lowest BCUT2D eigenvalue weighted by molar-refractivity contribution is -0.118. The van der Waals surface area contributed by atoms with Gasteiger partial charge in [-0.3, -0.25) is 4.79 Å². The molecule has 0 spiro atoms. The van der Waals surface area contributed by atoms with E-state index in [9.17, 15) is 9.18 Å². The van der Waals surface area contributed by atoms with Gasteiger partial charge in [0.1, 0.15) is 5.75 Å². The summed E-state index contributed by atoms with van der Waals surface area (Å²) in [5.41, 5.74) is 2.84. The van der Waals surface area contributed by atoms with Crippen LogP contribution >= 0.6 is 0 Å². The van der Waals surface area contributed by atoms with Crippen LogP contribution in [0.4, 0.5) is 10.1 Å². The molecule has 4 nitrogen and oxygen atoms in total. The zero-order valence-electron chi connectivity index (χ0n) is 12.8. The summed E-state index contributed by atoms with van der Waals surface area (Å²) < 4.78 is 23.6. The SMILES string of the molecule is COc1ccc(OCC(=O)Nc2ccc(C)cc2C)cc1F. The number of carbonyl (C=O) groups excluding carboxylic acids is 1. The second-order valence-electron chi connectivity index (χ2n) is 4.95. The summed E-state index contributed by atoms with van der Waals surface area (Å²) in [5, 5.41) is 2.76. The number of aryl methyl sites for hydroxylation is 2. The number of carbonyl (C=O) groups is 1. The Labute approximate surface area is 128 Å². The van der Waals surface area contributed by atoms with Crippen molar-refractivity contribution >= 4 is 11.6 Å². The maximum atomic E-state index is 13.5. The first-order valence-electron chi connectivity index (χ1n) is 6.83. The Kier molecular flexibility index (Phi) is 4.99. The average molecular weight is 303 g/mol. The van der Waals surface area contributed by atoms with E-state index < -0.39 is 5.82 Å². The van der Waals surface area contributed by atoms with Crippen molar-refractivity contribution in [3.63, 3.8) is 0 Å². The van der Waals surface area contributed by atoms with Gasteiger partial charge in [-0.25, -0.2) is 4.39 Å². The van der Waals surface area contributed by atoms with E-state index in [4.69, 9.17) is 9.47 Å². The molecule has 5 heteroatoms. The van der Waals surface area contributed by atoms with Crippen LogP contribution < -0.4 is 14.8 Å². The van der Waals surface area contributed by atoms with Crippen LogP contribution in [-0.4, -0.2) is 19.6 Å². The Morgan fingerprint density at radius 2 is 1.95 bits per heavy atom. The smallest absolute Gasteiger partial charge is 0.262 e. The van der Waals surface area contributed by atoms with Gasteiger partial charge < -0.3 is 14.8 Å². The number of hydrogen-bond donors (Lipinski definition) is 1. The summed E-state index contributed by atoms with van der Waals surface area (Å²) in [7, 11) is 1.39. The second-order valence-corrected chi connectivity index (χ2v) is 4.95. The standard InChI is InChI=1S/C17H18FNO3/c1-11-4-6-15(12(2)8-11)19-17(20)10-22-13-5-7-16(21-3)14(18)9-13/h4-9H,10H2,1-3H3,(H,19,20). The molecule has 0 heterocycles. The molecule has 0 saturated heterocycles. The number of rotatable bonds is 5. The van der Waals surface area contributed by atoms with E-state index in [0.717, 1.165) is 16.8 Å². The highest BCUT2D eigenvalue weighted by atomic mass is 19.1. The van der Waals surface area contributed by atoms with Crippen molar-refractivity contribution in [2.75, 3.05) is 19.0 Å². The predicted octanol–water partition coefficient (Wildman–Crippen LogP) is 3.47. The fraction of sp³-hybridized carbons (Fsp3) is 0.235. The normalized spacial score (nSPS) is 10.2. The van der Waals surface area contributed by atoms with E-state index in [1.54, 1.807) is 6.07 Å². The molecule has 0 aliphatic rings. The molecule has 2 aromatic rings. The first kappa shape index (κ1) is 15.8. The van der Waals surface area contributed by atoms with Crippen LogP contribution in [0.5, 0.6) is 11.5 Å². The summed E-state index contributed by atoms with van der Waals surface area (Å²) >= 11 is 0. The molecule has 22 heavy (non-hydrogen) atoms. The Bertz CT molecular complexity index is 686. The second kappa shape index (κ2) is 6.93. The molecule has 0 aromatic heterocycles. The quantitative estimate of drug-likeness (QED) is 0.920. The van der Waals surface area contributed by atoms with Crippen LogP contribution in [0.15, 0.2) is 36.4 Å². The van der Waals surface area contributed by atoms with Gasteiger partial charge in [0.2, 0.25) is 0 Å². The van der Waals surface area contributed by atoms with Crippen LogP contribution in [0.1, 0.15) is 11.1 Å². The first-order valence-corrected chi connectivity index (χ1v) is 6.83. The van der Waals surface area contributed by atoms with Gasteiger partial charge >= 0.3 is 0 Å². The molecular formula is C17H18FNO3. The number of amides is 1. The Balaban J connectivity index is 1.94. The molecular weight excluding hydrogens is 285 g/mol. The molecule has 0 unspecified atom stereocenters. The highest BCUT2D eigenvalue weighted by Crippen LogP contribution is 2.22. The van der Waals surface area contributed by atoms with Crippen molar-refractivity contribution in [3.05, 3.63) is 53.3 Å². The van der Waals surface area contributed by atoms with Crippen LogP contribution in [0.2, 0.25) is 0 Å². The largest absolute Gasteiger partial charge is 0.494 e. The van der Waals surface area contributed by atoms with Crippen molar-refractivity contribution in [1.29, 1.82) is 0 Å². The maximum absolute atomic E-state index is 13.5. The van der Waals surface area contributed by atoms with E-state index >= 15 is 0 Å². The van der Waals surface area contributed by atoms with Gasteiger partial charge in [-0.2, -0.15) is 0 Å². The fourth-order valence-corrected chi connectivity index (χ4v) is 2.03. The number of hydrogen-bond acceptors (Lipinski definition) is 3. The molecule has 0 bridgehead atoms. The lowest BCUT2D eigenvalue weighted by Gasteiger charge is -2.10. The lowest BCUT2D eigenvalue weighted by atomic mass is 10.1. The number of halogens is 1. The highest BCUT2D eigenvalue weighted by Gasteiger charge is 2.08. The topological polar surface area (TPSA) is 47.6 Å². The van der Waals surface area contributed by atoms with E-state index in [2.05, 4.69) is 5.32 Å². The highest BCUT2D eigenvalue weighted by molar-refractivity contribution is 5.92. The van der Waals surface area contributed by atoms with Crippen molar-refractivity contribution in [3.8, 4) is 11.5 Å². The van der Waals surface area contributed by atoms with E-state index in [-0.39, 0.29) is 24.0 Å². The first-order chi connectivity index (χ1) is 10.5. The van der Waals surface area contributed by atoms with Crippen molar-refractivity contribution in [1.82, 2.24) is 0 Å². The molecule has 0 fully saturated rings. The number of methoxy groups -OCH3 is 1. The molecule has 1 N–H and O–H groups in total. The third kappa shape index (κ3) is 3.97. The van der Waals surface area contributed by atoms with Crippen molar-refractivity contribution in [2.24, 2.45) is 0 Å². The monoisotopic (exact) mass is 303 g/mol. The van der Waals surface area contributed by atoms with Crippen LogP contribution in [-0.2, 0) is 4.79 Å². The molecule has 0 saturated carbocycles. The van der Waals surface area contributed by atoms with Gasteiger partial charge in [-0.05, 0) is 37.6 Å². The van der Waals surface area contributed by atoms with Gasteiger partial charge in [-0.15, -0.1) is 0 Å². The molecule has 0 atom stereocenters. The Morgan fingerprint density at radius 1 is 1.18 bits per heavy atom. The summed E-state index contributed by atoms with van der Waals surface area (Å²) in [5.74, 6) is -0.431. The zero-order valence-corrected chi connectivity index (χ0v) is 12.8. The zero-order chi connectivity index (χ0) is 16.1. The predicted molar refractivity (Wildman–Crippen MR) is 83.0 cm³/mol. The Morgan fingerprint density at radius 3 is 2.59 bits per heavy atom. The van der Waals surface area contributed by atoms with Gasteiger partial charge in [0.05, 0.1) is 7.11 Å². The molecule has 1 amide bonds. The summed E-state index contributed by atoms with van der Waals surface area (Å²) in [4.78, 5) is 11.9. The lowest BCUT2D eigenvalue weighted by Crippen LogP contribution is -2.20. The molecule has 2 aromatic carbocycles. The van der Waals surface area contributed by atoms with Gasteiger partial charge in [-0.1, -0.05) is 17.7 Å². The molecule has 2 rings (SSSR count). The van der Waals surface area contributed by atoms with Crippen LogP contribution in [0.25, 0.3) is 0 Å². The van der Waals surface area contributed by atoms with Gasteiger partial charge in [0.25, 0.3) is 5.91 Å². The Hall–Kier alpha value is -2.56. The van der Waals surface area contributed by atoms with Crippen molar-refractivity contribution in [2.45, 2.75) is 13.8 Å². The van der Waals surface area contributed by atoms with Crippen LogP contribution in [0.3, 0.4) is 0 Å². The number of anilines is 1. The summed E-state index contributed by atoms with van der Waals surface area (Å²) in [6.07, 6.45) is 0. The molecule has 116 valence electrons. The minimum absolute atomic E-state index is 0.132. The summed E-state index contributed by atoms with van der Waals surface area (Å²) in [6, 6.07) is 9.93.